The van der Waals surface area contributed by atoms with Crippen molar-refractivity contribution in [3.8, 4) is 0 Å². The third-order valence-corrected chi connectivity index (χ3v) is 3.89. The first-order valence-electron chi connectivity index (χ1n) is 7.59. The van der Waals surface area contributed by atoms with Crippen LogP contribution in [-0.2, 0) is 20.1 Å². The quantitative estimate of drug-likeness (QED) is 0.578. The van der Waals surface area contributed by atoms with E-state index in [1.165, 1.54) is 0 Å². The summed E-state index contributed by atoms with van der Waals surface area (Å²) in [5.41, 5.74) is 6.34. The minimum Gasteiger partial charge on any atom is -0.454 e. The van der Waals surface area contributed by atoms with E-state index >= 15 is 0 Å². The first-order chi connectivity index (χ1) is 11.4. The summed E-state index contributed by atoms with van der Waals surface area (Å²) in [4.78, 5) is 17.7. The smallest absolute Gasteiger partial charge is 0.284 e. The van der Waals surface area contributed by atoms with Gasteiger partial charge in [-0.2, -0.15) is 0 Å². The van der Waals surface area contributed by atoms with E-state index < -0.39 is 5.91 Å². The summed E-state index contributed by atoms with van der Waals surface area (Å²) in [5, 5.41) is 3.25. The van der Waals surface area contributed by atoms with Crippen LogP contribution in [0.2, 0.25) is 0 Å². The van der Waals surface area contributed by atoms with Gasteiger partial charge < -0.3 is 24.9 Å². The summed E-state index contributed by atoms with van der Waals surface area (Å²) in [6, 6.07) is 5.35. The number of nitrogens with one attached hydrogen (secondary N) is 1. The molecule has 0 radical (unpaired) electrons. The lowest BCUT2D eigenvalue weighted by Gasteiger charge is -2.22. The molecule has 1 amide bonds. The number of guanidine groups is 1. The fourth-order valence-corrected chi connectivity index (χ4v) is 2.83. The average molecular weight is 396 g/mol. The Morgan fingerprint density at radius 2 is 2.25 bits per heavy atom. The molecule has 130 valence electrons. The molecular formula is C16H22BrN5O2. The predicted octanol–water partition coefficient (Wildman–Crippen LogP) is 2.08. The Bertz CT molecular complexity index is 735. The predicted molar refractivity (Wildman–Crippen MR) is 96.6 cm³/mol. The van der Waals surface area contributed by atoms with Gasteiger partial charge in [-0.1, -0.05) is 0 Å². The lowest BCUT2D eigenvalue weighted by atomic mass is 10.4. The maximum Gasteiger partial charge on any atom is 0.284 e. The van der Waals surface area contributed by atoms with Gasteiger partial charge in [0.15, 0.2) is 11.7 Å². The number of aliphatic imine (C=N–C) groups is 1. The van der Waals surface area contributed by atoms with E-state index in [1.807, 2.05) is 32.1 Å². The van der Waals surface area contributed by atoms with Crippen molar-refractivity contribution < 1.29 is 9.21 Å². The Balaban J connectivity index is 2.08. The van der Waals surface area contributed by atoms with Crippen molar-refractivity contribution in [1.29, 1.82) is 0 Å². The van der Waals surface area contributed by atoms with Crippen molar-refractivity contribution in [2.45, 2.75) is 20.0 Å². The minimum absolute atomic E-state index is 0.146. The largest absolute Gasteiger partial charge is 0.454 e. The Morgan fingerprint density at radius 3 is 2.79 bits per heavy atom. The van der Waals surface area contributed by atoms with Crippen LogP contribution in [0.1, 0.15) is 28.9 Å². The number of hydrogen-bond acceptors (Lipinski definition) is 3. The molecule has 0 aliphatic carbocycles. The van der Waals surface area contributed by atoms with Crippen LogP contribution in [0.4, 0.5) is 0 Å². The maximum atomic E-state index is 11.1. The maximum absolute atomic E-state index is 11.1. The van der Waals surface area contributed by atoms with Crippen LogP contribution in [-0.4, -0.2) is 34.9 Å². The number of halogens is 1. The molecule has 2 rings (SSSR count). The molecule has 24 heavy (non-hydrogen) atoms. The molecule has 0 aliphatic heterocycles. The van der Waals surface area contributed by atoms with Crippen molar-refractivity contribution in [3.05, 3.63) is 46.1 Å². The van der Waals surface area contributed by atoms with Gasteiger partial charge in [0, 0.05) is 37.0 Å². The van der Waals surface area contributed by atoms with Crippen molar-refractivity contribution in [3.63, 3.8) is 0 Å². The first kappa shape index (κ1) is 18.1. The molecule has 0 aromatic carbocycles. The number of furan rings is 1. The fourth-order valence-electron chi connectivity index (χ4n) is 2.26. The normalized spacial score (nSPS) is 11.6. The van der Waals surface area contributed by atoms with Gasteiger partial charge >= 0.3 is 0 Å². The summed E-state index contributed by atoms with van der Waals surface area (Å²) in [7, 11) is 3.98. The monoisotopic (exact) mass is 395 g/mol. The minimum atomic E-state index is -0.580. The van der Waals surface area contributed by atoms with E-state index in [1.54, 1.807) is 12.1 Å². The SMILES string of the molecule is CCNC(=NCc1ccc(C(N)=O)o1)N(C)Cc1cc(Br)cn1C. The van der Waals surface area contributed by atoms with E-state index in [4.69, 9.17) is 10.2 Å². The van der Waals surface area contributed by atoms with E-state index in [2.05, 4.69) is 36.9 Å². The molecule has 7 nitrogen and oxygen atoms in total. The summed E-state index contributed by atoms with van der Waals surface area (Å²) in [6.45, 7) is 3.81. The van der Waals surface area contributed by atoms with Gasteiger partial charge in [0.1, 0.15) is 12.3 Å². The Kier molecular flexibility index (Phi) is 6.08. The average Bonchev–Trinajstić information content (AvgIpc) is 3.10. The highest BCUT2D eigenvalue weighted by atomic mass is 79.9. The van der Waals surface area contributed by atoms with Crippen LogP contribution in [0.3, 0.4) is 0 Å². The molecule has 0 spiro atoms. The molecule has 0 atom stereocenters. The van der Waals surface area contributed by atoms with Crippen LogP contribution in [0.5, 0.6) is 0 Å². The standard InChI is InChI=1S/C16H22BrN5O2/c1-4-19-16(20-8-13-5-6-14(24-13)15(18)23)22(3)10-12-7-11(17)9-21(12)2/h5-7,9H,4,8,10H2,1-3H3,(H2,18,23)(H,19,20). The van der Waals surface area contributed by atoms with Crippen molar-refractivity contribution >= 4 is 27.8 Å². The fraction of sp³-hybridized carbons (Fsp3) is 0.375. The molecule has 0 saturated heterocycles. The molecule has 0 unspecified atom stereocenters. The third kappa shape index (κ3) is 4.64. The van der Waals surface area contributed by atoms with Gasteiger partial charge in [-0.3, -0.25) is 4.79 Å². The molecular weight excluding hydrogens is 374 g/mol. The first-order valence-corrected chi connectivity index (χ1v) is 8.38. The van der Waals surface area contributed by atoms with Gasteiger partial charge in [-0.25, -0.2) is 4.99 Å². The molecule has 3 N–H and O–H groups in total. The molecule has 0 bridgehead atoms. The number of rotatable bonds is 6. The Labute approximate surface area is 149 Å². The van der Waals surface area contributed by atoms with E-state index in [9.17, 15) is 4.79 Å². The van der Waals surface area contributed by atoms with Crippen LogP contribution >= 0.6 is 15.9 Å². The topological polar surface area (TPSA) is 88.8 Å². The zero-order valence-electron chi connectivity index (χ0n) is 14.0. The molecule has 2 aromatic rings. The van der Waals surface area contributed by atoms with Gasteiger partial charge in [0.25, 0.3) is 5.91 Å². The van der Waals surface area contributed by atoms with Gasteiger partial charge in [-0.05, 0) is 41.1 Å². The van der Waals surface area contributed by atoms with E-state index in [0.717, 1.165) is 22.7 Å². The molecule has 2 aromatic heterocycles. The summed E-state index contributed by atoms with van der Waals surface area (Å²) >= 11 is 3.48. The third-order valence-electron chi connectivity index (χ3n) is 3.46. The van der Waals surface area contributed by atoms with E-state index in [0.29, 0.717) is 18.8 Å². The highest BCUT2D eigenvalue weighted by Crippen LogP contribution is 2.15. The lowest BCUT2D eigenvalue weighted by Crippen LogP contribution is -2.38. The number of hydrogen-bond donors (Lipinski definition) is 2. The van der Waals surface area contributed by atoms with Crippen LogP contribution < -0.4 is 11.1 Å². The molecule has 0 saturated carbocycles. The number of aromatic nitrogens is 1. The molecule has 8 heteroatoms. The van der Waals surface area contributed by atoms with Crippen molar-refractivity contribution in [1.82, 2.24) is 14.8 Å². The number of carbonyl (C=O) groups is 1. The highest BCUT2D eigenvalue weighted by molar-refractivity contribution is 9.10. The van der Waals surface area contributed by atoms with Crippen LogP contribution in [0.25, 0.3) is 0 Å². The van der Waals surface area contributed by atoms with Gasteiger partial charge in [0.2, 0.25) is 0 Å². The number of primary amides is 1. The van der Waals surface area contributed by atoms with Gasteiger partial charge in [0.05, 0.1) is 6.54 Å². The van der Waals surface area contributed by atoms with Crippen molar-refractivity contribution in [2.24, 2.45) is 17.8 Å². The number of aryl methyl sites for hydroxylation is 1. The van der Waals surface area contributed by atoms with Crippen LogP contribution in [0.15, 0.2) is 38.3 Å². The number of nitrogens with zero attached hydrogens (tertiary/aromatic N) is 3. The second-order valence-electron chi connectivity index (χ2n) is 5.42. The second-order valence-corrected chi connectivity index (χ2v) is 6.33. The zero-order chi connectivity index (χ0) is 17.7. The highest BCUT2D eigenvalue weighted by Gasteiger charge is 2.11. The number of nitrogens with two attached hydrogens (primary N) is 1. The van der Waals surface area contributed by atoms with Gasteiger partial charge in [-0.15, -0.1) is 0 Å². The molecule has 0 aliphatic rings. The lowest BCUT2D eigenvalue weighted by molar-refractivity contribution is 0.0972. The summed E-state index contributed by atoms with van der Waals surface area (Å²) < 4.78 is 8.47. The molecule has 2 heterocycles. The Morgan fingerprint density at radius 1 is 1.50 bits per heavy atom. The van der Waals surface area contributed by atoms with E-state index in [-0.39, 0.29) is 5.76 Å². The summed E-state index contributed by atoms with van der Waals surface area (Å²) in [6.07, 6.45) is 2.02. The number of amides is 1. The van der Waals surface area contributed by atoms with Crippen molar-refractivity contribution in [2.75, 3.05) is 13.6 Å². The zero-order valence-corrected chi connectivity index (χ0v) is 15.6. The Hall–Kier alpha value is -2.22. The second kappa shape index (κ2) is 8.05. The number of carbonyl (C=O) groups excluding carboxylic acids is 1. The molecule has 0 fully saturated rings. The summed E-state index contributed by atoms with van der Waals surface area (Å²) in [5.74, 6) is 0.914. The van der Waals surface area contributed by atoms with Crippen LogP contribution in [0, 0.1) is 0 Å².